The summed E-state index contributed by atoms with van der Waals surface area (Å²) in [5.74, 6) is 2.00. The number of likely N-dealkylation sites (N-methyl/N-ethyl adjacent to an activating group) is 3. The summed E-state index contributed by atoms with van der Waals surface area (Å²) in [6.45, 7) is 74.0. The molecule has 12 fully saturated rings. The van der Waals surface area contributed by atoms with Crippen LogP contribution in [0.5, 0.6) is 0 Å². The number of ether oxygens (including phenoxy) is 6. The van der Waals surface area contributed by atoms with Crippen molar-refractivity contribution in [1.29, 1.82) is 10.5 Å². The molecule has 133 heavy (non-hydrogen) atoms. The molecule has 0 amide bonds. The molecular formula is C99H206Cl6N20O8+2. The van der Waals surface area contributed by atoms with Crippen molar-refractivity contribution in [2.45, 2.75) is 382 Å². The van der Waals surface area contributed by atoms with Crippen LogP contribution in [0, 0.1) is 22.7 Å². The van der Waals surface area contributed by atoms with Crippen molar-refractivity contribution in [3.05, 3.63) is 0 Å². The molecule has 790 valence electrons. The van der Waals surface area contributed by atoms with Crippen molar-refractivity contribution in [3.63, 3.8) is 0 Å². The van der Waals surface area contributed by atoms with E-state index in [2.05, 4.69) is 337 Å². The Balaban J connectivity index is 0.000000815. The van der Waals surface area contributed by atoms with Crippen LogP contribution in [0.25, 0.3) is 0 Å². The summed E-state index contributed by atoms with van der Waals surface area (Å²) in [7, 11) is 28.5. The third-order valence-electron chi connectivity index (χ3n) is 28.9. The lowest BCUT2D eigenvalue weighted by Crippen LogP contribution is -3.25. The molecule has 12 saturated heterocycles. The molecule has 0 saturated carbocycles. The molecule has 28 nitrogen and oxygen atoms in total. The minimum Gasteiger partial charge on any atom is -1.00 e. The van der Waals surface area contributed by atoms with E-state index in [1.807, 2.05) is 0 Å². The number of nitriles is 2. The maximum absolute atomic E-state index is 10.5. The topological polar surface area (TPSA) is 293 Å². The predicted octanol–water partition coefficient (Wildman–Crippen LogP) is -1.20. The third kappa shape index (κ3) is 49.0. The van der Waals surface area contributed by atoms with E-state index in [1.54, 1.807) is 0 Å². The van der Waals surface area contributed by atoms with Crippen LogP contribution in [0.4, 0.5) is 0 Å². The molecule has 0 aromatic heterocycles. The molecule has 13 N–H and O–H groups in total. The quantitative estimate of drug-likeness (QED) is 0.0159. The molecular weight excluding hydrogens is 1810 g/mol. The van der Waals surface area contributed by atoms with Crippen LogP contribution in [0.2, 0.25) is 0 Å². The van der Waals surface area contributed by atoms with E-state index in [1.165, 1.54) is 25.7 Å². The number of halogens is 6. The number of piperidine rings is 6. The Labute approximate surface area is 847 Å². The molecule has 0 aromatic rings. The van der Waals surface area contributed by atoms with E-state index in [4.69, 9.17) is 63.2 Å². The number of hydrogen-bond donors (Lipinski definition) is 13. The van der Waals surface area contributed by atoms with Crippen LogP contribution in [0.3, 0.4) is 0 Å². The SMILES string of the molecule is CC1(C)CC(NCCNCCNC2CC(C)(C)[NH+](O)C(C)(C)C2)CC(C)(C)[NH+]1O.CN1C(C)(C)CC(C#N)(NCCNCCNC2(C#N)CC(C)(C)N(C)C(C)(C)C2)CC1(C)C.CN1C(C)(C)CC(NCCNCCNC2CC(C)(C)N(C)C(C)(C)C2)CC1(C)C.C[N+](C)(C)CC1CO1.C[N+](C)(C)CC1CO1.C[N+](C)(C)CC1CO1.ClCC1CO1.ClCC1CO1.ClCC1CO1.[Cl-].[Cl-].[Cl-]. The van der Waals surface area contributed by atoms with Crippen LogP contribution < -0.4 is 95.2 Å². The van der Waals surface area contributed by atoms with Crippen LogP contribution in [-0.4, -0.2) is 429 Å². The largest absolute Gasteiger partial charge is 1.00 e. The molecule has 0 aliphatic carbocycles. The van der Waals surface area contributed by atoms with Gasteiger partial charge in [-0.05, 0) is 246 Å². The Bertz CT molecular complexity index is 2880. The Hall–Kier alpha value is -0.320. The fourth-order valence-corrected chi connectivity index (χ4v) is 21.8. The van der Waals surface area contributed by atoms with Gasteiger partial charge in [0.05, 0.1) is 151 Å². The summed E-state index contributed by atoms with van der Waals surface area (Å²) in [5, 5.41) is 75.1. The maximum Gasteiger partial charge on any atom is 0.130 e. The van der Waals surface area contributed by atoms with Gasteiger partial charge in [0.1, 0.15) is 71.2 Å². The van der Waals surface area contributed by atoms with E-state index in [0.717, 1.165) is 203 Å². The van der Waals surface area contributed by atoms with E-state index >= 15 is 0 Å². The van der Waals surface area contributed by atoms with Crippen molar-refractivity contribution in [1.82, 2.24) is 67.5 Å². The van der Waals surface area contributed by atoms with Crippen molar-refractivity contribution < 1.29 is 99.6 Å². The number of quaternary nitrogens is 5. The summed E-state index contributed by atoms with van der Waals surface area (Å²) in [6.07, 6.45) is 14.9. The standard InChI is InChI=1S/C26H49N7.C24H51N5.C22H47N5O2.3C6H14NO.3C3H5ClO.3ClH/c1-21(2)15-25(19-27,16-22(3,4)32(21)9)30-13-11-29-12-14-31-26(20-28)17-23(5,6)33(10)24(7,8)18-26;1-21(2)15-19(16-22(3,4)28(21)9)26-13-11-25-12-14-27-20-17-23(5,6)29(10)24(7,8)18-20;1-19(2)13-17(14-20(3,4)26(19)28)24-11-9-23-10-12-25-18-15-21(5,6)27(29)22(7,8)16-18;3*1-7(2,3)4-6-5-8-6;3*4-1-3-2-5-3;;;/h29-31H,11-18H2,1-10H3;19-20,25-27H,11-18H2,1-10H3;17-18,23-25,28-29H,9-16H2,1-8H3;3*6H,4-5H2,1-3H3;3*3H,1-2H2;3*1H/q;;;3*+1;;;;;;/p-1. The highest BCUT2D eigenvalue weighted by Gasteiger charge is 2.55. The van der Waals surface area contributed by atoms with Crippen molar-refractivity contribution >= 4 is 34.8 Å². The fourth-order valence-electron chi connectivity index (χ4n) is 21.3. The lowest BCUT2D eigenvalue weighted by Gasteiger charge is -2.56. The zero-order valence-corrected chi connectivity index (χ0v) is 95.9. The van der Waals surface area contributed by atoms with Gasteiger partial charge in [0.25, 0.3) is 0 Å². The molecule has 0 aromatic carbocycles. The number of likely N-dealkylation sites (tertiary alicyclic amines) is 4. The average Bonchev–Trinajstić information content (AvgIpc) is 1.75. The summed E-state index contributed by atoms with van der Waals surface area (Å²) >= 11 is 15.8. The van der Waals surface area contributed by atoms with E-state index < -0.39 is 11.1 Å². The number of epoxide rings is 6. The molecule has 12 rings (SSSR count). The molecule has 12 aliphatic heterocycles. The second kappa shape index (κ2) is 54.7. The van der Waals surface area contributed by atoms with Gasteiger partial charge in [0, 0.05) is 173 Å². The lowest BCUT2D eigenvalue weighted by molar-refractivity contribution is -1.16. The Kier molecular flexibility index (Phi) is 53.8. The van der Waals surface area contributed by atoms with Gasteiger partial charge in [0.2, 0.25) is 0 Å². The zero-order valence-electron chi connectivity index (χ0n) is 91.4. The third-order valence-corrected chi connectivity index (χ3v) is 29.9. The van der Waals surface area contributed by atoms with Gasteiger partial charge in [-0.3, -0.25) is 30.2 Å². The molecule has 0 bridgehead atoms. The number of nitrogens with zero attached hydrogens (tertiary/aromatic N) is 9. The first-order valence-corrected chi connectivity index (χ1v) is 51.2. The minimum absolute atomic E-state index is 0. The van der Waals surface area contributed by atoms with Crippen LogP contribution >= 0.6 is 34.8 Å². The number of rotatable bonds is 33. The lowest BCUT2D eigenvalue weighted by atomic mass is 9.70. The van der Waals surface area contributed by atoms with Gasteiger partial charge in [-0.25, -0.2) is 10.4 Å². The van der Waals surface area contributed by atoms with E-state index in [0.29, 0.717) is 88.6 Å². The second-order valence-corrected chi connectivity index (χ2v) is 51.9. The number of alkyl halides is 3. The first-order valence-electron chi connectivity index (χ1n) is 49.6. The first-order chi connectivity index (χ1) is 59.3. The first kappa shape index (κ1) is 131. The Morgan fingerprint density at radius 3 is 0.624 bits per heavy atom. The van der Waals surface area contributed by atoms with Crippen LogP contribution in [0.15, 0.2) is 0 Å². The normalized spacial score (nSPS) is 29.5. The summed E-state index contributed by atoms with van der Waals surface area (Å²) < 4.78 is 32.4. The maximum atomic E-state index is 10.5. The summed E-state index contributed by atoms with van der Waals surface area (Å²) in [4.78, 5) is 9.90. The number of hydroxylamine groups is 4. The van der Waals surface area contributed by atoms with Crippen LogP contribution in [-0.2, 0) is 28.4 Å². The van der Waals surface area contributed by atoms with Crippen molar-refractivity contribution in [2.24, 2.45) is 0 Å². The number of hydrogen-bond acceptors (Lipinski definition) is 23. The van der Waals surface area contributed by atoms with Crippen molar-refractivity contribution in [3.8, 4) is 12.1 Å². The average molecular weight is 2020 g/mol. The van der Waals surface area contributed by atoms with E-state index in [9.17, 15) is 20.9 Å². The zero-order chi connectivity index (χ0) is 99.2. The fraction of sp³-hybridized carbons (Fsp3) is 0.980. The van der Waals surface area contributed by atoms with E-state index in [-0.39, 0.29) is 104 Å². The molecule has 6 atom stereocenters. The van der Waals surface area contributed by atoms with Crippen molar-refractivity contribution in [2.75, 3.05) is 247 Å². The van der Waals surface area contributed by atoms with Gasteiger partial charge in [-0.2, -0.15) is 20.7 Å². The Morgan fingerprint density at radius 2 is 0.474 bits per heavy atom. The van der Waals surface area contributed by atoms with Gasteiger partial charge >= 0.3 is 0 Å². The monoisotopic (exact) mass is 2010 g/mol. The molecule has 0 radical (unpaired) electrons. The van der Waals surface area contributed by atoms with Gasteiger partial charge in [0.15, 0.2) is 0 Å². The van der Waals surface area contributed by atoms with Gasteiger partial charge in [-0.1, -0.05) is 0 Å². The second-order valence-electron chi connectivity index (χ2n) is 51.0. The summed E-state index contributed by atoms with van der Waals surface area (Å²) in [5.41, 5.74) is -0.621. The highest BCUT2D eigenvalue weighted by atomic mass is 35.5. The molecule has 6 unspecified atom stereocenters. The highest BCUT2D eigenvalue weighted by molar-refractivity contribution is 6.18. The molecule has 12 aliphatic rings. The summed E-state index contributed by atoms with van der Waals surface area (Å²) in [6, 6.07) is 7.34. The highest BCUT2D eigenvalue weighted by Crippen LogP contribution is 2.45. The molecule has 12 heterocycles. The minimum atomic E-state index is -0.504. The number of nitrogens with one attached hydrogen (secondary N) is 11. The Morgan fingerprint density at radius 1 is 0.301 bits per heavy atom. The molecule has 34 heteroatoms. The predicted molar refractivity (Wildman–Crippen MR) is 539 cm³/mol. The molecule has 0 spiro atoms. The van der Waals surface area contributed by atoms with Crippen LogP contribution in [0.1, 0.15) is 243 Å². The van der Waals surface area contributed by atoms with Gasteiger partial charge < -0.3 is 116 Å². The van der Waals surface area contributed by atoms with Gasteiger partial charge in [-0.15, -0.1) is 34.8 Å². The smallest absolute Gasteiger partial charge is 0.130 e.